The summed E-state index contributed by atoms with van der Waals surface area (Å²) in [6.07, 6.45) is 4.01. The SMILES string of the molecule is CN(Cc1cn2ccccc2n1)CC(C)(C)O. The number of aliphatic hydroxyl groups is 1. The lowest BCUT2D eigenvalue weighted by Crippen LogP contribution is -2.35. The van der Waals surface area contributed by atoms with Crippen LogP contribution in [0.2, 0.25) is 0 Å². The van der Waals surface area contributed by atoms with Gasteiger partial charge in [-0.15, -0.1) is 0 Å². The molecule has 92 valence electrons. The van der Waals surface area contributed by atoms with Gasteiger partial charge in [0, 0.05) is 25.5 Å². The molecule has 0 saturated carbocycles. The molecule has 0 atom stereocenters. The number of rotatable bonds is 4. The minimum absolute atomic E-state index is 0.626. The van der Waals surface area contributed by atoms with Gasteiger partial charge in [0.1, 0.15) is 5.65 Å². The topological polar surface area (TPSA) is 40.8 Å². The second-order valence-corrected chi connectivity index (χ2v) is 5.18. The molecule has 2 rings (SSSR count). The minimum atomic E-state index is -0.673. The van der Waals surface area contributed by atoms with Gasteiger partial charge in [0.2, 0.25) is 0 Å². The zero-order chi connectivity index (χ0) is 12.5. The number of hydrogen-bond donors (Lipinski definition) is 1. The quantitative estimate of drug-likeness (QED) is 0.870. The Hall–Kier alpha value is -1.39. The average Bonchev–Trinajstić information content (AvgIpc) is 2.55. The number of fused-ring (bicyclic) bond motifs is 1. The largest absolute Gasteiger partial charge is 0.389 e. The number of pyridine rings is 1. The molecular formula is C13H19N3O. The van der Waals surface area contributed by atoms with E-state index < -0.39 is 5.60 Å². The summed E-state index contributed by atoms with van der Waals surface area (Å²) in [5, 5.41) is 9.74. The first kappa shape index (κ1) is 12.1. The Kier molecular flexibility index (Phi) is 3.17. The summed E-state index contributed by atoms with van der Waals surface area (Å²) in [6, 6.07) is 5.95. The molecule has 2 heterocycles. The molecule has 0 spiro atoms. The Morgan fingerprint density at radius 2 is 2.18 bits per heavy atom. The Labute approximate surface area is 102 Å². The van der Waals surface area contributed by atoms with Crippen LogP contribution >= 0.6 is 0 Å². The number of likely N-dealkylation sites (N-methyl/N-ethyl adjacent to an activating group) is 1. The highest BCUT2D eigenvalue weighted by Crippen LogP contribution is 2.09. The molecule has 0 aliphatic heterocycles. The summed E-state index contributed by atoms with van der Waals surface area (Å²) in [7, 11) is 1.99. The van der Waals surface area contributed by atoms with Crippen LogP contribution in [0.4, 0.5) is 0 Å². The molecular weight excluding hydrogens is 214 g/mol. The lowest BCUT2D eigenvalue weighted by atomic mass is 10.1. The fraction of sp³-hybridized carbons (Fsp3) is 0.462. The van der Waals surface area contributed by atoms with E-state index in [0.717, 1.165) is 17.9 Å². The van der Waals surface area contributed by atoms with Crippen LogP contribution in [0.25, 0.3) is 5.65 Å². The highest BCUT2D eigenvalue weighted by atomic mass is 16.3. The summed E-state index contributed by atoms with van der Waals surface area (Å²) in [4.78, 5) is 6.59. The molecule has 0 fully saturated rings. The fourth-order valence-corrected chi connectivity index (χ4v) is 2.06. The van der Waals surface area contributed by atoms with Crippen molar-refractivity contribution >= 4 is 5.65 Å². The first-order valence-corrected chi connectivity index (χ1v) is 5.77. The van der Waals surface area contributed by atoms with Crippen LogP contribution in [0.3, 0.4) is 0 Å². The number of nitrogens with zero attached hydrogens (tertiary/aromatic N) is 3. The van der Waals surface area contributed by atoms with Crippen molar-refractivity contribution in [2.75, 3.05) is 13.6 Å². The van der Waals surface area contributed by atoms with E-state index in [1.54, 1.807) is 0 Å². The Morgan fingerprint density at radius 1 is 1.41 bits per heavy atom. The maximum Gasteiger partial charge on any atom is 0.137 e. The molecule has 2 aromatic rings. The monoisotopic (exact) mass is 233 g/mol. The summed E-state index contributed by atoms with van der Waals surface area (Å²) >= 11 is 0. The lowest BCUT2D eigenvalue weighted by Gasteiger charge is -2.24. The van der Waals surface area contributed by atoms with Gasteiger partial charge >= 0.3 is 0 Å². The molecule has 4 heteroatoms. The molecule has 0 aromatic carbocycles. The van der Waals surface area contributed by atoms with E-state index >= 15 is 0 Å². The second-order valence-electron chi connectivity index (χ2n) is 5.18. The molecule has 0 saturated heterocycles. The Bertz CT molecular complexity index is 466. The van der Waals surface area contributed by atoms with Gasteiger partial charge in [0.25, 0.3) is 0 Å². The van der Waals surface area contributed by atoms with Gasteiger partial charge in [-0.1, -0.05) is 6.07 Å². The Morgan fingerprint density at radius 3 is 2.82 bits per heavy atom. The molecule has 0 bridgehead atoms. The van der Waals surface area contributed by atoms with Crippen molar-refractivity contribution in [1.82, 2.24) is 14.3 Å². The van der Waals surface area contributed by atoms with Crippen molar-refractivity contribution in [3.8, 4) is 0 Å². The van der Waals surface area contributed by atoms with E-state index in [-0.39, 0.29) is 0 Å². The van der Waals surface area contributed by atoms with Gasteiger partial charge in [-0.2, -0.15) is 0 Å². The third-order valence-corrected chi connectivity index (χ3v) is 2.50. The molecule has 4 nitrogen and oxygen atoms in total. The van der Waals surface area contributed by atoms with Gasteiger partial charge in [-0.3, -0.25) is 4.90 Å². The number of aromatic nitrogens is 2. The van der Waals surface area contributed by atoms with Gasteiger partial charge in [0.15, 0.2) is 0 Å². The van der Waals surface area contributed by atoms with Crippen LogP contribution in [0, 0.1) is 0 Å². The summed E-state index contributed by atoms with van der Waals surface area (Å²) < 4.78 is 2.01. The predicted molar refractivity (Wildman–Crippen MR) is 67.8 cm³/mol. The predicted octanol–water partition coefficient (Wildman–Crippen LogP) is 1.54. The zero-order valence-electron chi connectivity index (χ0n) is 10.6. The van der Waals surface area contributed by atoms with Crippen LogP contribution < -0.4 is 0 Å². The standard InChI is InChI=1S/C13H19N3O/c1-13(2,17)10-15(3)8-11-9-16-7-5-4-6-12(16)14-11/h4-7,9,17H,8,10H2,1-3H3. The van der Waals surface area contributed by atoms with Gasteiger partial charge in [-0.25, -0.2) is 4.98 Å². The highest BCUT2D eigenvalue weighted by Gasteiger charge is 2.16. The first-order chi connectivity index (χ1) is 7.94. The third-order valence-electron chi connectivity index (χ3n) is 2.50. The van der Waals surface area contributed by atoms with Crippen LogP contribution in [0.15, 0.2) is 30.6 Å². The normalized spacial score (nSPS) is 12.5. The smallest absolute Gasteiger partial charge is 0.137 e. The van der Waals surface area contributed by atoms with Crippen LogP contribution in [0.5, 0.6) is 0 Å². The van der Waals surface area contributed by atoms with Crippen molar-refractivity contribution in [2.45, 2.75) is 26.0 Å². The zero-order valence-corrected chi connectivity index (χ0v) is 10.6. The van der Waals surface area contributed by atoms with E-state index in [2.05, 4.69) is 9.88 Å². The van der Waals surface area contributed by atoms with E-state index in [9.17, 15) is 5.11 Å². The molecule has 0 radical (unpaired) electrons. The van der Waals surface area contributed by atoms with Gasteiger partial charge < -0.3 is 9.51 Å². The molecule has 0 unspecified atom stereocenters. The first-order valence-electron chi connectivity index (χ1n) is 5.77. The van der Waals surface area contributed by atoms with E-state index in [1.807, 2.05) is 55.9 Å². The van der Waals surface area contributed by atoms with E-state index in [1.165, 1.54) is 0 Å². The van der Waals surface area contributed by atoms with E-state index in [0.29, 0.717) is 6.54 Å². The molecule has 0 amide bonds. The molecule has 1 N–H and O–H groups in total. The van der Waals surface area contributed by atoms with Crippen molar-refractivity contribution in [3.63, 3.8) is 0 Å². The van der Waals surface area contributed by atoms with Crippen LogP contribution in [-0.4, -0.2) is 38.6 Å². The molecule has 0 aliphatic rings. The second kappa shape index (κ2) is 4.47. The third kappa shape index (κ3) is 3.28. The maximum atomic E-state index is 9.74. The average molecular weight is 233 g/mol. The summed E-state index contributed by atoms with van der Waals surface area (Å²) in [6.45, 7) is 4.99. The van der Waals surface area contributed by atoms with Crippen molar-refractivity contribution < 1.29 is 5.11 Å². The van der Waals surface area contributed by atoms with Gasteiger partial charge in [0.05, 0.1) is 11.3 Å². The molecule has 2 aromatic heterocycles. The lowest BCUT2D eigenvalue weighted by molar-refractivity contribution is 0.0422. The van der Waals surface area contributed by atoms with Crippen LogP contribution in [0.1, 0.15) is 19.5 Å². The fourth-order valence-electron chi connectivity index (χ4n) is 2.06. The van der Waals surface area contributed by atoms with Crippen molar-refractivity contribution in [1.29, 1.82) is 0 Å². The maximum absolute atomic E-state index is 9.74. The van der Waals surface area contributed by atoms with Crippen molar-refractivity contribution in [2.24, 2.45) is 0 Å². The van der Waals surface area contributed by atoms with E-state index in [4.69, 9.17) is 0 Å². The minimum Gasteiger partial charge on any atom is -0.389 e. The van der Waals surface area contributed by atoms with Gasteiger partial charge in [-0.05, 0) is 33.0 Å². The van der Waals surface area contributed by atoms with Crippen molar-refractivity contribution in [3.05, 3.63) is 36.3 Å². The molecule has 17 heavy (non-hydrogen) atoms. The number of imidazole rings is 1. The highest BCUT2D eigenvalue weighted by molar-refractivity contribution is 5.39. The summed E-state index contributed by atoms with van der Waals surface area (Å²) in [5.41, 5.74) is 1.30. The number of hydrogen-bond acceptors (Lipinski definition) is 3. The van der Waals surface area contributed by atoms with Crippen LogP contribution in [-0.2, 0) is 6.54 Å². The summed E-state index contributed by atoms with van der Waals surface area (Å²) in [5.74, 6) is 0. The Balaban J connectivity index is 2.08. The molecule has 0 aliphatic carbocycles.